The van der Waals surface area contributed by atoms with Crippen molar-refractivity contribution in [1.82, 2.24) is 19.7 Å². The highest BCUT2D eigenvalue weighted by molar-refractivity contribution is 6.04. The Morgan fingerprint density at radius 1 is 1.22 bits per heavy atom. The molecule has 194 valence electrons. The summed E-state index contributed by atoms with van der Waals surface area (Å²) >= 11 is 0. The third-order valence-electron chi connectivity index (χ3n) is 7.00. The van der Waals surface area contributed by atoms with Gasteiger partial charge in [0, 0.05) is 24.0 Å². The average Bonchev–Trinajstić information content (AvgIpc) is 3.18. The van der Waals surface area contributed by atoms with E-state index in [4.69, 9.17) is 5.73 Å². The molecular weight excluding hydrogens is 498 g/mol. The summed E-state index contributed by atoms with van der Waals surface area (Å²) in [6.07, 6.45) is -1.68. The van der Waals surface area contributed by atoms with Crippen LogP contribution >= 0.6 is 0 Å². The number of fused-ring (bicyclic) bond motifs is 2. The fourth-order valence-corrected chi connectivity index (χ4v) is 5.14. The zero-order valence-electron chi connectivity index (χ0n) is 19.5. The highest BCUT2D eigenvalue weighted by Gasteiger charge is 2.64. The van der Waals surface area contributed by atoms with Gasteiger partial charge in [0.25, 0.3) is 5.91 Å². The number of nitrogens with zero attached hydrogens (tertiary/aromatic N) is 4. The number of amides is 2. The van der Waals surface area contributed by atoms with Crippen molar-refractivity contribution in [1.29, 1.82) is 0 Å². The average molecular weight is 519 g/mol. The number of aromatic nitrogens is 3. The van der Waals surface area contributed by atoms with Gasteiger partial charge in [-0.3, -0.25) is 24.0 Å². The fourth-order valence-electron chi connectivity index (χ4n) is 5.14. The fraction of sp³-hybridized carbons (Fsp3) is 0.375. The number of benzene rings is 1. The molecule has 3 aromatic rings. The van der Waals surface area contributed by atoms with E-state index in [2.05, 4.69) is 14.8 Å². The van der Waals surface area contributed by atoms with E-state index in [1.165, 1.54) is 28.0 Å². The summed E-state index contributed by atoms with van der Waals surface area (Å²) in [6, 6.07) is 3.63. The minimum atomic E-state index is -5.09. The van der Waals surface area contributed by atoms with E-state index in [-0.39, 0.29) is 29.3 Å². The molecule has 37 heavy (non-hydrogen) atoms. The second-order valence-corrected chi connectivity index (χ2v) is 9.58. The smallest absolute Gasteiger partial charge is 0.403 e. The molecule has 0 unspecified atom stereocenters. The second kappa shape index (κ2) is 8.53. The molecule has 0 radical (unpaired) electrons. The predicted octanol–water partition coefficient (Wildman–Crippen LogP) is 2.76. The molecule has 5 rings (SSSR count). The molecule has 2 aliphatic rings. The van der Waals surface area contributed by atoms with Crippen molar-refractivity contribution in [2.45, 2.75) is 51.2 Å². The zero-order valence-corrected chi connectivity index (χ0v) is 19.5. The van der Waals surface area contributed by atoms with E-state index in [1.54, 1.807) is 6.07 Å². The Balaban J connectivity index is 1.38. The molecule has 1 aromatic carbocycles. The quantitative estimate of drug-likeness (QED) is 0.480. The molecule has 13 heteroatoms. The molecule has 3 atom stereocenters. The maximum atomic E-state index is 14.7. The summed E-state index contributed by atoms with van der Waals surface area (Å²) in [7, 11) is 0. The van der Waals surface area contributed by atoms with Crippen LogP contribution in [0.2, 0.25) is 0 Å². The third-order valence-corrected chi connectivity index (χ3v) is 7.00. The van der Waals surface area contributed by atoms with Crippen molar-refractivity contribution < 1.29 is 36.7 Å². The summed E-state index contributed by atoms with van der Waals surface area (Å²) < 4.78 is 57.4. The van der Waals surface area contributed by atoms with E-state index in [0.29, 0.717) is 23.7 Å². The van der Waals surface area contributed by atoms with Crippen molar-refractivity contribution in [2.75, 3.05) is 0 Å². The number of ether oxygens (including phenoxy) is 1. The Morgan fingerprint density at radius 3 is 2.68 bits per heavy atom. The number of carbonyl (C=O) groups is 3. The van der Waals surface area contributed by atoms with E-state index < -0.39 is 48.0 Å². The molecule has 9 nitrogen and oxygen atoms in total. The Kier molecular flexibility index (Phi) is 5.68. The first kappa shape index (κ1) is 24.7. The van der Waals surface area contributed by atoms with Gasteiger partial charge in [-0.05, 0) is 36.0 Å². The number of carbonyl (C=O) groups excluding carboxylic acids is 3. The number of pyridine rings is 1. The van der Waals surface area contributed by atoms with Gasteiger partial charge in [-0.1, -0.05) is 19.1 Å². The molecule has 1 saturated heterocycles. The van der Waals surface area contributed by atoms with Gasteiger partial charge in [0.05, 0.1) is 17.8 Å². The third kappa shape index (κ3) is 4.49. The van der Waals surface area contributed by atoms with Crippen LogP contribution in [0.25, 0.3) is 10.9 Å². The van der Waals surface area contributed by atoms with Crippen LogP contribution in [0, 0.1) is 11.2 Å². The summed E-state index contributed by atoms with van der Waals surface area (Å²) in [5.41, 5.74) is 5.24. The highest BCUT2D eigenvalue weighted by atomic mass is 19.4. The predicted molar refractivity (Wildman–Crippen MR) is 120 cm³/mol. The van der Waals surface area contributed by atoms with Crippen molar-refractivity contribution in [2.24, 2.45) is 11.1 Å². The molecule has 3 heterocycles. The largest absolute Gasteiger partial charge is 0.573 e. The van der Waals surface area contributed by atoms with Crippen LogP contribution < -0.4 is 10.5 Å². The molecule has 2 fully saturated rings. The monoisotopic (exact) mass is 519 g/mol. The van der Waals surface area contributed by atoms with E-state index in [0.717, 1.165) is 12.1 Å². The lowest BCUT2D eigenvalue weighted by molar-refractivity contribution is -0.275. The van der Waals surface area contributed by atoms with Crippen LogP contribution in [0.5, 0.6) is 5.75 Å². The number of ketones is 1. The number of alkyl halides is 3. The maximum absolute atomic E-state index is 14.7. The van der Waals surface area contributed by atoms with Gasteiger partial charge in [-0.15, -0.1) is 13.2 Å². The van der Waals surface area contributed by atoms with Gasteiger partial charge in [-0.2, -0.15) is 5.10 Å². The number of nitrogens with two attached hydrogens (primary N) is 1. The van der Waals surface area contributed by atoms with Crippen LogP contribution in [0.3, 0.4) is 0 Å². The number of piperidine rings is 1. The molecule has 2 N–H and O–H groups in total. The first-order chi connectivity index (χ1) is 17.4. The standard InChI is InChI=1S/C24H21F4N5O4/c1-23-8-14(16(34)7-12-3-2-4-17(20(12)25)37-24(26,27)28)33(18(23)9-23)19(35)11-32-15-10-30-6-5-13(15)21(31-32)22(29)36/h2-6,10,14,18H,7-9,11H2,1H3,(H2,29,36)/t14-,18+,23-/m0/s1. The maximum Gasteiger partial charge on any atom is 0.573 e. The van der Waals surface area contributed by atoms with E-state index >= 15 is 0 Å². The van der Waals surface area contributed by atoms with Crippen LogP contribution in [-0.2, 0) is 22.6 Å². The number of hydrogen-bond acceptors (Lipinski definition) is 6. The zero-order chi connectivity index (χ0) is 26.7. The molecule has 2 amide bonds. The summed E-state index contributed by atoms with van der Waals surface area (Å²) in [4.78, 5) is 43.9. The van der Waals surface area contributed by atoms with Crippen molar-refractivity contribution in [3.8, 4) is 5.75 Å². The Bertz CT molecular complexity index is 1440. The number of hydrogen-bond donors (Lipinski definition) is 1. The topological polar surface area (TPSA) is 120 Å². The van der Waals surface area contributed by atoms with Crippen molar-refractivity contribution in [3.63, 3.8) is 0 Å². The number of primary amides is 1. The Hall–Kier alpha value is -4.03. The number of likely N-dealkylation sites (tertiary alicyclic amines) is 1. The van der Waals surface area contributed by atoms with E-state index in [1.807, 2.05) is 6.92 Å². The molecular formula is C24H21F4N5O4. The van der Waals surface area contributed by atoms with E-state index in [9.17, 15) is 31.9 Å². The van der Waals surface area contributed by atoms with Gasteiger partial charge in [0.1, 0.15) is 6.54 Å². The number of rotatable bonds is 7. The van der Waals surface area contributed by atoms with Gasteiger partial charge in [-0.25, -0.2) is 4.39 Å². The van der Waals surface area contributed by atoms with Crippen LogP contribution in [-0.4, -0.2) is 55.7 Å². The lowest BCUT2D eigenvalue weighted by atomic mass is 9.95. The minimum absolute atomic E-state index is 0.0214. The number of Topliss-reactive ketones (excluding diaryl/α,β-unsaturated/α-hetero) is 1. The normalized spacial score (nSPS) is 22.7. The van der Waals surface area contributed by atoms with Crippen LogP contribution in [0.1, 0.15) is 35.8 Å². The van der Waals surface area contributed by atoms with Crippen molar-refractivity contribution >= 4 is 28.5 Å². The van der Waals surface area contributed by atoms with Crippen molar-refractivity contribution in [3.05, 3.63) is 53.7 Å². The molecule has 1 saturated carbocycles. The molecule has 1 aliphatic heterocycles. The first-order valence-electron chi connectivity index (χ1n) is 11.4. The second-order valence-electron chi connectivity index (χ2n) is 9.58. The van der Waals surface area contributed by atoms with Gasteiger partial charge >= 0.3 is 6.36 Å². The van der Waals surface area contributed by atoms with Crippen LogP contribution in [0.15, 0.2) is 36.7 Å². The summed E-state index contributed by atoms with van der Waals surface area (Å²) in [5.74, 6) is -4.03. The molecule has 0 bridgehead atoms. The lowest BCUT2D eigenvalue weighted by Crippen LogP contribution is -2.45. The SMILES string of the molecule is C[C@@]12C[C@@H](C(=O)Cc3cccc(OC(F)(F)F)c3F)N(C(=O)Cn3nc(C(N)=O)c4ccncc43)[C@@H]1C2. The minimum Gasteiger partial charge on any atom is -0.403 e. The number of halogens is 4. The highest BCUT2D eigenvalue weighted by Crippen LogP contribution is 2.59. The Labute approximate surface area is 207 Å². The summed E-state index contributed by atoms with van der Waals surface area (Å²) in [6.45, 7) is 1.64. The van der Waals surface area contributed by atoms with Gasteiger partial charge in [0.2, 0.25) is 5.91 Å². The molecule has 0 spiro atoms. The lowest BCUT2D eigenvalue weighted by Gasteiger charge is -2.27. The Morgan fingerprint density at radius 2 is 1.97 bits per heavy atom. The van der Waals surface area contributed by atoms with Gasteiger partial charge < -0.3 is 15.4 Å². The van der Waals surface area contributed by atoms with Crippen LogP contribution in [0.4, 0.5) is 17.6 Å². The summed E-state index contributed by atoms with van der Waals surface area (Å²) in [5, 5.41) is 4.59. The van der Waals surface area contributed by atoms with Gasteiger partial charge in [0.15, 0.2) is 23.0 Å². The molecule has 2 aromatic heterocycles. The first-order valence-corrected chi connectivity index (χ1v) is 11.4. The molecule has 1 aliphatic carbocycles.